The Morgan fingerprint density at radius 2 is 2.00 bits per heavy atom. The number of ether oxygens (including phenoxy) is 1. The summed E-state index contributed by atoms with van der Waals surface area (Å²) in [6, 6.07) is 3.92. The number of anilines is 1. The maximum Gasteiger partial charge on any atom is 0.416 e. The Kier molecular flexibility index (Phi) is 5.62. The van der Waals surface area contributed by atoms with Crippen LogP contribution in [0.25, 0.3) is 0 Å². The SMILES string of the molecule is CCN(CCOC)Cc1ccc(N)cc1C(F)(F)F. The Hall–Kier alpha value is -1.27. The van der Waals surface area contributed by atoms with Crippen molar-refractivity contribution in [1.82, 2.24) is 4.90 Å². The van der Waals surface area contributed by atoms with E-state index < -0.39 is 11.7 Å². The highest BCUT2D eigenvalue weighted by atomic mass is 19.4. The molecule has 1 rings (SSSR count). The monoisotopic (exact) mass is 276 g/mol. The van der Waals surface area contributed by atoms with Crippen LogP contribution in [0.15, 0.2) is 18.2 Å². The lowest BCUT2D eigenvalue weighted by molar-refractivity contribution is -0.138. The van der Waals surface area contributed by atoms with Crippen molar-refractivity contribution in [3.8, 4) is 0 Å². The van der Waals surface area contributed by atoms with Crippen LogP contribution in [0.4, 0.5) is 18.9 Å². The van der Waals surface area contributed by atoms with Gasteiger partial charge in [-0.25, -0.2) is 0 Å². The molecule has 0 heterocycles. The van der Waals surface area contributed by atoms with Gasteiger partial charge in [0.2, 0.25) is 0 Å². The number of rotatable bonds is 6. The van der Waals surface area contributed by atoms with E-state index in [1.165, 1.54) is 12.1 Å². The molecule has 1 aromatic rings. The first-order valence-corrected chi connectivity index (χ1v) is 6.05. The van der Waals surface area contributed by atoms with Crippen molar-refractivity contribution in [2.45, 2.75) is 19.6 Å². The highest BCUT2D eigenvalue weighted by molar-refractivity contribution is 5.46. The zero-order valence-electron chi connectivity index (χ0n) is 11.1. The summed E-state index contributed by atoms with van der Waals surface area (Å²) in [7, 11) is 1.57. The van der Waals surface area contributed by atoms with Gasteiger partial charge in [0, 0.05) is 25.9 Å². The maximum absolute atomic E-state index is 12.9. The highest BCUT2D eigenvalue weighted by Crippen LogP contribution is 2.33. The van der Waals surface area contributed by atoms with E-state index in [-0.39, 0.29) is 17.8 Å². The summed E-state index contributed by atoms with van der Waals surface area (Å²) < 4.78 is 43.8. The molecule has 2 N–H and O–H groups in total. The molecular weight excluding hydrogens is 257 g/mol. The van der Waals surface area contributed by atoms with Crippen LogP contribution in [0.5, 0.6) is 0 Å². The Balaban J connectivity index is 2.93. The number of likely N-dealkylation sites (N-methyl/N-ethyl adjacent to an activating group) is 1. The molecule has 0 unspecified atom stereocenters. The largest absolute Gasteiger partial charge is 0.416 e. The molecule has 0 saturated carbocycles. The molecule has 0 amide bonds. The number of halogens is 3. The van der Waals surface area contributed by atoms with Crippen molar-refractivity contribution >= 4 is 5.69 Å². The van der Waals surface area contributed by atoms with E-state index in [2.05, 4.69) is 0 Å². The number of nitrogens with two attached hydrogens (primary N) is 1. The molecule has 108 valence electrons. The summed E-state index contributed by atoms with van der Waals surface area (Å²) in [4.78, 5) is 1.89. The summed E-state index contributed by atoms with van der Waals surface area (Å²) in [6.07, 6.45) is -4.38. The van der Waals surface area contributed by atoms with Crippen LogP contribution < -0.4 is 5.73 Å². The third kappa shape index (κ3) is 4.72. The fourth-order valence-corrected chi connectivity index (χ4v) is 1.81. The van der Waals surface area contributed by atoms with E-state index in [1.807, 2.05) is 11.8 Å². The molecule has 0 aliphatic heterocycles. The van der Waals surface area contributed by atoms with Crippen molar-refractivity contribution in [2.75, 3.05) is 32.5 Å². The lowest BCUT2D eigenvalue weighted by Gasteiger charge is -2.22. The van der Waals surface area contributed by atoms with Crippen LogP contribution >= 0.6 is 0 Å². The fourth-order valence-electron chi connectivity index (χ4n) is 1.81. The third-order valence-corrected chi connectivity index (χ3v) is 2.89. The molecule has 0 bridgehead atoms. The Morgan fingerprint density at radius 1 is 1.32 bits per heavy atom. The second-order valence-corrected chi connectivity index (χ2v) is 4.28. The summed E-state index contributed by atoms with van der Waals surface area (Å²) in [5.41, 5.74) is 5.13. The van der Waals surface area contributed by atoms with Gasteiger partial charge in [0.1, 0.15) is 0 Å². The van der Waals surface area contributed by atoms with Crippen molar-refractivity contribution in [3.05, 3.63) is 29.3 Å². The Labute approximate surface area is 111 Å². The third-order valence-electron chi connectivity index (χ3n) is 2.89. The van der Waals surface area contributed by atoms with Gasteiger partial charge in [-0.05, 0) is 24.2 Å². The van der Waals surface area contributed by atoms with Crippen molar-refractivity contribution < 1.29 is 17.9 Å². The smallest absolute Gasteiger partial charge is 0.399 e. The second-order valence-electron chi connectivity index (χ2n) is 4.28. The minimum atomic E-state index is -4.38. The van der Waals surface area contributed by atoms with Crippen LogP contribution in [0.2, 0.25) is 0 Å². The number of benzene rings is 1. The molecule has 0 saturated heterocycles. The average Bonchev–Trinajstić information content (AvgIpc) is 2.34. The standard InChI is InChI=1S/C13H19F3N2O/c1-3-18(6-7-19-2)9-10-4-5-11(17)8-12(10)13(14,15)16/h4-5,8H,3,6-7,9,17H2,1-2H3. The van der Waals surface area contributed by atoms with Crippen LogP contribution in [0, 0.1) is 0 Å². The molecule has 3 nitrogen and oxygen atoms in total. The average molecular weight is 276 g/mol. The molecule has 0 aromatic heterocycles. The first-order valence-electron chi connectivity index (χ1n) is 6.05. The molecular formula is C13H19F3N2O. The van der Waals surface area contributed by atoms with Gasteiger partial charge in [0.15, 0.2) is 0 Å². The second kappa shape index (κ2) is 6.77. The zero-order chi connectivity index (χ0) is 14.5. The quantitative estimate of drug-likeness (QED) is 0.812. The highest BCUT2D eigenvalue weighted by Gasteiger charge is 2.33. The van der Waals surface area contributed by atoms with Gasteiger partial charge in [0.05, 0.1) is 12.2 Å². The number of alkyl halides is 3. The number of nitrogens with zero attached hydrogens (tertiary/aromatic N) is 1. The van der Waals surface area contributed by atoms with Gasteiger partial charge in [-0.1, -0.05) is 13.0 Å². The number of methoxy groups -OCH3 is 1. The van der Waals surface area contributed by atoms with Gasteiger partial charge >= 0.3 is 6.18 Å². The lowest BCUT2D eigenvalue weighted by Crippen LogP contribution is -2.28. The normalized spacial score (nSPS) is 12.1. The van der Waals surface area contributed by atoms with E-state index in [9.17, 15) is 13.2 Å². The fraction of sp³-hybridized carbons (Fsp3) is 0.538. The van der Waals surface area contributed by atoms with Gasteiger partial charge in [-0.3, -0.25) is 4.90 Å². The predicted molar refractivity (Wildman–Crippen MR) is 68.7 cm³/mol. The minimum Gasteiger partial charge on any atom is -0.399 e. The Bertz CT molecular complexity index is 407. The summed E-state index contributed by atoms with van der Waals surface area (Å²) in [5, 5.41) is 0. The minimum absolute atomic E-state index is 0.121. The van der Waals surface area contributed by atoms with Crippen molar-refractivity contribution in [3.63, 3.8) is 0 Å². The number of hydrogen-bond donors (Lipinski definition) is 1. The van der Waals surface area contributed by atoms with Crippen LogP contribution in [-0.2, 0) is 17.5 Å². The summed E-state index contributed by atoms with van der Waals surface area (Å²) in [6.45, 7) is 3.87. The molecule has 0 atom stereocenters. The van der Waals surface area contributed by atoms with Gasteiger partial charge in [-0.15, -0.1) is 0 Å². The van der Waals surface area contributed by atoms with E-state index >= 15 is 0 Å². The molecule has 6 heteroatoms. The van der Waals surface area contributed by atoms with Gasteiger partial charge in [-0.2, -0.15) is 13.2 Å². The molecule has 0 radical (unpaired) electrons. The molecule has 0 spiro atoms. The predicted octanol–water partition coefficient (Wildman–Crippen LogP) is 2.76. The van der Waals surface area contributed by atoms with Gasteiger partial charge in [0.25, 0.3) is 0 Å². The zero-order valence-corrected chi connectivity index (χ0v) is 11.1. The van der Waals surface area contributed by atoms with Crippen LogP contribution in [0.3, 0.4) is 0 Å². The van der Waals surface area contributed by atoms with E-state index in [1.54, 1.807) is 7.11 Å². The lowest BCUT2D eigenvalue weighted by atomic mass is 10.1. The summed E-state index contributed by atoms with van der Waals surface area (Å²) >= 11 is 0. The first-order chi connectivity index (χ1) is 8.88. The number of hydrogen-bond acceptors (Lipinski definition) is 3. The molecule has 19 heavy (non-hydrogen) atoms. The molecule has 0 fully saturated rings. The van der Waals surface area contributed by atoms with E-state index in [0.29, 0.717) is 19.7 Å². The topological polar surface area (TPSA) is 38.5 Å². The number of nitrogen functional groups attached to an aromatic ring is 1. The van der Waals surface area contributed by atoms with Crippen molar-refractivity contribution in [2.24, 2.45) is 0 Å². The molecule has 1 aromatic carbocycles. The van der Waals surface area contributed by atoms with Crippen LogP contribution in [0.1, 0.15) is 18.1 Å². The maximum atomic E-state index is 12.9. The Morgan fingerprint density at radius 3 is 2.53 bits per heavy atom. The van der Waals surface area contributed by atoms with Gasteiger partial charge < -0.3 is 10.5 Å². The summed E-state index contributed by atoms with van der Waals surface area (Å²) in [5.74, 6) is 0. The molecule has 0 aliphatic carbocycles. The van der Waals surface area contributed by atoms with E-state index in [4.69, 9.17) is 10.5 Å². The van der Waals surface area contributed by atoms with E-state index in [0.717, 1.165) is 6.07 Å². The van der Waals surface area contributed by atoms with Crippen molar-refractivity contribution in [1.29, 1.82) is 0 Å². The first kappa shape index (κ1) is 15.8. The van der Waals surface area contributed by atoms with Crippen LogP contribution in [-0.4, -0.2) is 31.7 Å². The molecule has 0 aliphatic rings.